The molecular formula is C10H18N2. The predicted molar refractivity (Wildman–Crippen MR) is 53.3 cm³/mol. The van der Waals surface area contributed by atoms with E-state index in [2.05, 4.69) is 17.2 Å². The normalized spacial score (nSPS) is 25.1. The molecule has 0 aromatic carbocycles. The van der Waals surface area contributed by atoms with Gasteiger partial charge >= 0.3 is 0 Å². The van der Waals surface area contributed by atoms with E-state index in [-0.39, 0.29) is 0 Å². The summed E-state index contributed by atoms with van der Waals surface area (Å²) in [6.45, 7) is 4.22. The fraction of sp³-hybridized carbons (Fsp3) is 0.700. The molecule has 68 valence electrons. The highest BCUT2D eigenvalue weighted by Crippen LogP contribution is 2.28. The number of hydrogen-bond acceptors (Lipinski definition) is 2. The zero-order chi connectivity index (χ0) is 8.97. The quantitative estimate of drug-likeness (QED) is 0.625. The van der Waals surface area contributed by atoms with Crippen LogP contribution in [0.2, 0.25) is 0 Å². The standard InChI is InChI=1S/C10H18N2/c1-4-12-10-8(2)6-5-7-9(10)11-3/h4,8,11H,5-7H2,1-3H3. The van der Waals surface area contributed by atoms with Crippen LogP contribution in [0.15, 0.2) is 16.4 Å². The summed E-state index contributed by atoms with van der Waals surface area (Å²) in [6.07, 6.45) is 5.61. The smallest absolute Gasteiger partial charge is 0.0616 e. The largest absolute Gasteiger partial charge is 0.390 e. The molecule has 1 rings (SSSR count). The lowest BCUT2D eigenvalue weighted by Crippen LogP contribution is -2.17. The second-order valence-electron chi connectivity index (χ2n) is 3.29. The summed E-state index contributed by atoms with van der Waals surface area (Å²) in [5.74, 6) is 0.623. The van der Waals surface area contributed by atoms with E-state index >= 15 is 0 Å². The van der Waals surface area contributed by atoms with Crippen LogP contribution in [0.5, 0.6) is 0 Å². The minimum Gasteiger partial charge on any atom is -0.390 e. The SMILES string of the molecule is CC=NC1=C(NC)CCCC1C. The molecule has 1 atom stereocenters. The van der Waals surface area contributed by atoms with Crippen LogP contribution in [-0.4, -0.2) is 13.3 Å². The third kappa shape index (κ3) is 1.87. The molecule has 1 aliphatic carbocycles. The third-order valence-corrected chi connectivity index (χ3v) is 2.41. The monoisotopic (exact) mass is 166 g/mol. The Balaban J connectivity index is 2.87. The molecule has 0 saturated heterocycles. The molecule has 0 aromatic rings. The highest BCUT2D eigenvalue weighted by molar-refractivity contribution is 5.55. The van der Waals surface area contributed by atoms with Crippen LogP contribution in [0, 0.1) is 5.92 Å². The van der Waals surface area contributed by atoms with Crippen molar-refractivity contribution in [2.24, 2.45) is 10.9 Å². The molecule has 12 heavy (non-hydrogen) atoms. The van der Waals surface area contributed by atoms with Gasteiger partial charge in [0.2, 0.25) is 0 Å². The first kappa shape index (κ1) is 9.30. The van der Waals surface area contributed by atoms with Gasteiger partial charge in [-0.25, -0.2) is 0 Å². The van der Waals surface area contributed by atoms with Crippen molar-refractivity contribution >= 4 is 6.21 Å². The molecule has 0 aliphatic heterocycles. The Morgan fingerprint density at radius 1 is 1.58 bits per heavy atom. The van der Waals surface area contributed by atoms with Gasteiger partial charge in [0.15, 0.2) is 0 Å². The number of hydrogen-bond donors (Lipinski definition) is 1. The van der Waals surface area contributed by atoms with E-state index in [1.54, 1.807) is 0 Å². The van der Waals surface area contributed by atoms with Crippen LogP contribution < -0.4 is 5.32 Å². The molecule has 0 radical (unpaired) electrons. The van der Waals surface area contributed by atoms with Crippen LogP contribution in [0.4, 0.5) is 0 Å². The van der Waals surface area contributed by atoms with Gasteiger partial charge in [0.1, 0.15) is 0 Å². The molecule has 2 nitrogen and oxygen atoms in total. The molecule has 2 heteroatoms. The van der Waals surface area contributed by atoms with E-state index < -0.39 is 0 Å². The summed E-state index contributed by atoms with van der Waals surface area (Å²) in [4.78, 5) is 4.41. The van der Waals surface area contributed by atoms with Gasteiger partial charge in [-0.3, -0.25) is 4.99 Å². The van der Waals surface area contributed by atoms with E-state index in [9.17, 15) is 0 Å². The summed E-state index contributed by atoms with van der Waals surface area (Å²) in [7, 11) is 1.98. The molecule has 0 heterocycles. The van der Waals surface area contributed by atoms with Gasteiger partial charge in [-0.15, -0.1) is 0 Å². The molecule has 0 amide bonds. The van der Waals surface area contributed by atoms with Crippen molar-refractivity contribution in [2.45, 2.75) is 33.1 Å². The van der Waals surface area contributed by atoms with Crippen molar-refractivity contribution < 1.29 is 0 Å². The number of nitrogens with zero attached hydrogens (tertiary/aromatic N) is 1. The van der Waals surface area contributed by atoms with Gasteiger partial charge in [-0.2, -0.15) is 0 Å². The second-order valence-corrected chi connectivity index (χ2v) is 3.29. The lowest BCUT2D eigenvalue weighted by molar-refractivity contribution is 0.515. The molecule has 0 aromatic heterocycles. The Labute approximate surface area is 74.8 Å². The summed E-state index contributed by atoms with van der Waals surface area (Å²) in [6, 6.07) is 0. The molecule has 0 saturated carbocycles. The van der Waals surface area contributed by atoms with Gasteiger partial charge in [0, 0.05) is 24.9 Å². The molecule has 1 unspecified atom stereocenters. The van der Waals surface area contributed by atoms with Gasteiger partial charge in [-0.05, 0) is 26.2 Å². The Morgan fingerprint density at radius 3 is 2.92 bits per heavy atom. The first-order valence-corrected chi connectivity index (χ1v) is 4.69. The Morgan fingerprint density at radius 2 is 2.33 bits per heavy atom. The van der Waals surface area contributed by atoms with E-state index in [4.69, 9.17) is 0 Å². The minimum absolute atomic E-state index is 0.623. The van der Waals surface area contributed by atoms with E-state index in [0.717, 1.165) is 6.42 Å². The van der Waals surface area contributed by atoms with Crippen molar-refractivity contribution in [3.8, 4) is 0 Å². The Kier molecular flexibility index (Phi) is 3.32. The highest BCUT2D eigenvalue weighted by atomic mass is 14.9. The molecular weight excluding hydrogens is 148 g/mol. The third-order valence-electron chi connectivity index (χ3n) is 2.41. The maximum Gasteiger partial charge on any atom is 0.0616 e. The van der Waals surface area contributed by atoms with Crippen LogP contribution in [0.1, 0.15) is 33.1 Å². The summed E-state index contributed by atoms with van der Waals surface area (Å²) in [5.41, 5.74) is 2.58. The van der Waals surface area contributed by atoms with Gasteiger partial charge < -0.3 is 5.32 Å². The van der Waals surface area contributed by atoms with Gasteiger partial charge in [-0.1, -0.05) is 6.92 Å². The lowest BCUT2D eigenvalue weighted by Gasteiger charge is -2.22. The van der Waals surface area contributed by atoms with Gasteiger partial charge in [0.05, 0.1) is 5.70 Å². The Bertz CT molecular complexity index is 204. The number of aliphatic imine (C=N–C) groups is 1. The zero-order valence-corrected chi connectivity index (χ0v) is 8.22. The topological polar surface area (TPSA) is 24.4 Å². The number of nitrogens with one attached hydrogen (secondary N) is 1. The number of allylic oxidation sites excluding steroid dienone is 2. The highest BCUT2D eigenvalue weighted by Gasteiger charge is 2.17. The summed E-state index contributed by atoms with van der Waals surface area (Å²) in [5, 5.41) is 3.24. The molecule has 1 N–H and O–H groups in total. The average molecular weight is 166 g/mol. The van der Waals surface area contributed by atoms with E-state index in [0.29, 0.717) is 5.92 Å². The van der Waals surface area contributed by atoms with Crippen molar-refractivity contribution in [1.29, 1.82) is 0 Å². The average Bonchev–Trinajstić information content (AvgIpc) is 2.09. The van der Waals surface area contributed by atoms with Crippen LogP contribution in [0.3, 0.4) is 0 Å². The van der Waals surface area contributed by atoms with E-state index in [1.165, 1.54) is 24.2 Å². The first-order valence-electron chi connectivity index (χ1n) is 4.69. The fourth-order valence-corrected chi connectivity index (χ4v) is 1.74. The molecule has 1 aliphatic rings. The summed E-state index contributed by atoms with van der Waals surface area (Å²) < 4.78 is 0. The predicted octanol–water partition coefficient (Wildman–Crippen LogP) is 2.33. The molecule has 0 fully saturated rings. The van der Waals surface area contributed by atoms with Gasteiger partial charge in [0.25, 0.3) is 0 Å². The molecule has 0 bridgehead atoms. The maximum absolute atomic E-state index is 4.41. The Hall–Kier alpha value is -0.790. The first-order chi connectivity index (χ1) is 5.79. The van der Waals surface area contributed by atoms with Crippen molar-refractivity contribution in [3.63, 3.8) is 0 Å². The van der Waals surface area contributed by atoms with Crippen LogP contribution in [0.25, 0.3) is 0 Å². The van der Waals surface area contributed by atoms with Crippen molar-refractivity contribution in [1.82, 2.24) is 5.32 Å². The van der Waals surface area contributed by atoms with Crippen molar-refractivity contribution in [3.05, 3.63) is 11.4 Å². The molecule has 0 spiro atoms. The number of rotatable bonds is 2. The fourth-order valence-electron chi connectivity index (χ4n) is 1.74. The second kappa shape index (κ2) is 4.29. The van der Waals surface area contributed by atoms with E-state index in [1.807, 2.05) is 20.2 Å². The minimum atomic E-state index is 0.623. The zero-order valence-electron chi connectivity index (χ0n) is 8.22. The summed E-state index contributed by atoms with van der Waals surface area (Å²) >= 11 is 0. The van der Waals surface area contributed by atoms with Crippen molar-refractivity contribution in [2.75, 3.05) is 7.05 Å². The maximum atomic E-state index is 4.41. The lowest BCUT2D eigenvalue weighted by atomic mass is 9.92. The van der Waals surface area contributed by atoms with Crippen LogP contribution in [-0.2, 0) is 0 Å². The van der Waals surface area contributed by atoms with Crippen LogP contribution >= 0.6 is 0 Å².